The molecule has 1 atom stereocenters. The van der Waals surface area contributed by atoms with Gasteiger partial charge in [-0.05, 0) is 44.0 Å². The highest BCUT2D eigenvalue weighted by Gasteiger charge is 2.29. The molecular formula is C14H18ClFN2O. The maximum absolute atomic E-state index is 13.5. The minimum absolute atomic E-state index is 0.0152. The number of amides is 1. The molecule has 1 aromatic rings. The molecule has 2 rings (SSSR count). The van der Waals surface area contributed by atoms with Gasteiger partial charge in [0.05, 0.1) is 11.1 Å². The summed E-state index contributed by atoms with van der Waals surface area (Å²) >= 11 is 5.66. The van der Waals surface area contributed by atoms with Crippen LogP contribution in [0.4, 0.5) is 10.1 Å². The van der Waals surface area contributed by atoms with Gasteiger partial charge in [-0.1, -0.05) is 18.5 Å². The van der Waals surface area contributed by atoms with Crippen LogP contribution >= 0.6 is 11.6 Å². The van der Waals surface area contributed by atoms with Crippen molar-refractivity contribution in [3.63, 3.8) is 0 Å². The van der Waals surface area contributed by atoms with Gasteiger partial charge in [0.1, 0.15) is 5.82 Å². The van der Waals surface area contributed by atoms with E-state index in [1.54, 1.807) is 11.0 Å². The monoisotopic (exact) mass is 284 g/mol. The molecule has 5 heteroatoms. The summed E-state index contributed by atoms with van der Waals surface area (Å²) < 4.78 is 13.5. The van der Waals surface area contributed by atoms with Gasteiger partial charge in [-0.2, -0.15) is 0 Å². The van der Waals surface area contributed by atoms with Gasteiger partial charge < -0.3 is 10.2 Å². The second-order valence-electron chi connectivity index (χ2n) is 4.74. The fraction of sp³-hybridized carbons (Fsp3) is 0.500. The summed E-state index contributed by atoms with van der Waals surface area (Å²) in [5, 5.41) is 3.31. The first-order chi connectivity index (χ1) is 9.13. The van der Waals surface area contributed by atoms with E-state index >= 15 is 0 Å². The Kier molecular flexibility index (Phi) is 4.77. The molecule has 104 valence electrons. The Morgan fingerprint density at radius 3 is 3.00 bits per heavy atom. The van der Waals surface area contributed by atoms with Crippen LogP contribution in [0, 0.1) is 5.82 Å². The third-order valence-electron chi connectivity index (χ3n) is 3.29. The van der Waals surface area contributed by atoms with E-state index in [2.05, 4.69) is 12.2 Å². The first-order valence-corrected chi connectivity index (χ1v) is 7.01. The largest absolute Gasteiger partial charge is 0.311 e. The number of piperidine rings is 1. The number of nitrogens with zero attached hydrogens (tertiary/aromatic N) is 1. The van der Waals surface area contributed by atoms with Gasteiger partial charge in [-0.15, -0.1) is 0 Å². The van der Waals surface area contributed by atoms with Crippen molar-refractivity contribution in [1.29, 1.82) is 0 Å². The first-order valence-electron chi connectivity index (χ1n) is 6.63. The summed E-state index contributed by atoms with van der Waals surface area (Å²) in [5.74, 6) is -0.475. The predicted molar refractivity (Wildman–Crippen MR) is 75.1 cm³/mol. The highest BCUT2D eigenvalue weighted by atomic mass is 35.5. The van der Waals surface area contributed by atoms with Crippen molar-refractivity contribution in [2.75, 3.05) is 18.0 Å². The second-order valence-corrected chi connectivity index (χ2v) is 5.14. The molecule has 0 radical (unpaired) electrons. The minimum Gasteiger partial charge on any atom is -0.311 e. The lowest BCUT2D eigenvalue weighted by Gasteiger charge is -2.32. The molecule has 3 nitrogen and oxygen atoms in total. The van der Waals surface area contributed by atoms with Crippen LogP contribution in [-0.4, -0.2) is 25.0 Å². The van der Waals surface area contributed by atoms with Crippen LogP contribution in [-0.2, 0) is 4.79 Å². The van der Waals surface area contributed by atoms with Crippen LogP contribution in [0.25, 0.3) is 0 Å². The Morgan fingerprint density at radius 1 is 1.53 bits per heavy atom. The van der Waals surface area contributed by atoms with Crippen LogP contribution < -0.4 is 10.2 Å². The Bertz CT molecular complexity index is 467. The fourth-order valence-corrected chi connectivity index (χ4v) is 2.41. The lowest BCUT2D eigenvalue weighted by Crippen LogP contribution is -2.51. The molecular weight excluding hydrogens is 267 g/mol. The van der Waals surface area contributed by atoms with E-state index in [-0.39, 0.29) is 17.0 Å². The maximum Gasteiger partial charge on any atom is 0.244 e. The minimum atomic E-state index is -0.490. The topological polar surface area (TPSA) is 32.3 Å². The summed E-state index contributed by atoms with van der Waals surface area (Å²) in [7, 11) is 0. The lowest BCUT2D eigenvalue weighted by molar-refractivity contribution is -0.121. The van der Waals surface area contributed by atoms with Crippen LogP contribution in [0.15, 0.2) is 18.2 Å². The molecule has 0 spiro atoms. The molecule has 1 saturated heterocycles. The van der Waals surface area contributed by atoms with Crippen molar-refractivity contribution in [3.8, 4) is 0 Å². The molecule has 0 bridgehead atoms. The zero-order chi connectivity index (χ0) is 13.8. The Hall–Kier alpha value is -1.13. The van der Waals surface area contributed by atoms with Crippen LogP contribution in [0.1, 0.15) is 26.2 Å². The van der Waals surface area contributed by atoms with Crippen molar-refractivity contribution in [2.45, 2.75) is 32.2 Å². The molecule has 1 aromatic carbocycles. The summed E-state index contributed by atoms with van der Waals surface area (Å²) in [5.41, 5.74) is 0.579. The SMILES string of the molecule is CCCNC1CCCN(c2ccc(Cl)c(F)c2)C1=O. The molecule has 19 heavy (non-hydrogen) atoms. The molecule has 1 aliphatic rings. The van der Waals surface area contributed by atoms with E-state index < -0.39 is 5.82 Å². The molecule has 0 aliphatic carbocycles. The summed E-state index contributed by atoms with van der Waals surface area (Å²) in [6.45, 7) is 3.51. The Balaban J connectivity index is 2.14. The summed E-state index contributed by atoms with van der Waals surface area (Å²) in [4.78, 5) is 14.0. The number of halogens is 2. The van der Waals surface area contributed by atoms with Crippen molar-refractivity contribution >= 4 is 23.2 Å². The van der Waals surface area contributed by atoms with Crippen molar-refractivity contribution < 1.29 is 9.18 Å². The molecule has 0 aromatic heterocycles. The van der Waals surface area contributed by atoms with E-state index in [0.717, 1.165) is 25.8 Å². The summed E-state index contributed by atoms with van der Waals surface area (Å²) in [6.07, 6.45) is 2.74. The third-order valence-corrected chi connectivity index (χ3v) is 3.60. The number of rotatable bonds is 4. The van der Waals surface area contributed by atoms with Gasteiger partial charge in [0.25, 0.3) is 0 Å². The van der Waals surface area contributed by atoms with E-state index in [0.29, 0.717) is 12.2 Å². The average Bonchev–Trinajstić information content (AvgIpc) is 2.41. The van der Waals surface area contributed by atoms with Crippen molar-refractivity contribution in [1.82, 2.24) is 5.32 Å². The highest BCUT2D eigenvalue weighted by Crippen LogP contribution is 2.25. The quantitative estimate of drug-likeness (QED) is 0.922. The molecule has 1 fully saturated rings. The zero-order valence-electron chi connectivity index (χ0n) is 11.0. The van der Waals surface area contributed by atoms with Crippen LogP contribution in [0.5, 0.6) is 0 Å². The highest BCUT2D eigenvalue weighted by molar-refractivity contribution is 6.30. The normalized spacial score (nSPS) is 19.8. The molecule has 1 unspecified atom stereocenters. The van der Waals surface area contributed by atoms with Crippen LogP contribution in [0.3, 0.4) is 0 Å². The molecule has 1 aliphatic heterocycles. The number of hydrogen-bond donors (Lipinski definition) is 1. The van der Waals surface area contributed by atoms with E-state index in [1.165, 1.54) is 12.1 Å². The van der Waals surface area contributed by atoms with Gasteiger partial charge in [-0.25, -0.2) is 4.39 Å². The summed E-state index contributed by atoms with van der Waals surface area (Å²) in [6, 6.07) is 4.34. The van der Waals surface area contributed by atoms with E-state index in [1.807, 2.05) is 0 Å². The molecule has 0 saturated carbocycles. The average molecular weight is 285 g/mol. The molecule has 1 N–H and O–H groups in total. The number of nitrogens with one attached hydrogen (secondary N) is 1. The van der Waals surface area contributed by atoms with Gasteiger partial charge in [0, 0.05) is 12.2 Å². The maximum atomic E-state index is 13.5. The number of anilines is 1. The number of carbonyl (C=O) groups excluding carboxylic acids is 1. The van der Waals surface area contributed by atoms with Gasteiger partial charge in [0.15, 0.2) is 0 Å². The van der Waals surface area contributed by atoms with Crippen LogP contribution in [0.2, 0.25) is 5.02 Å². The number of hydrogen-bond acceptors (Lipinski definition) is 2. The smallest absolute Gasteiger partial charge is 0.244 e. The molecule has 1 heterocycles. The Labute approximate surface area is 117 Å². The van der Waals surface area contributed by atoms with Crippen molar-refractivity contribution in [2.24, 2.45) is 0 Å². The molecule has 1 amide bonds. The van der Waals surface area contributed by atoms with E-state index in [4.69, 9.17) is 11.6 Å². The first kappa shape index (κ1) is 14.3. The van der Waals surface area contributed by atoms with Gasteiger partial charge in [-0.3, -0.25) is 4.79 Å². The standard InChI is InChI=1S/C14H18ClFN2O/c1-2-7-17-13-4-3-8-18(14(13)19)10-5-6-11(15)12(16)9-10/h5-6,9,13,17H,2-4,7-8H2,1H3. The third kappa shape index (κ3) is 3.25. The van der Waals surface area contributed by atoms with Gasteiger partial charge in [0.2, 0.25) is 5.91 Å². The number of benzene rings is 1. The second kappa shape index (κ2) is 6.35. The Morgan fingerprint density at radius 2 is 2.32 bits per heavy atom. The number of carbonyl (C=O) groups is 1. The zero-order valence-corrected chi connectivity index (χ0v) is 11.7. The lowest BCUT2D eigenvalue weighted by atomic mass is 10.0. The van der Waals surface area contributed by atoms with E-state index in [9.17, 15) is 9.18 Å². The predicted octanol–water partition coefficient (Wildman–Crippen LogP) is 2.97. The fourth-order valence-electron chi connectivity index (χ4n) is 2.29. The van der Waals surface area contributed by atoms with Crippen molar-refractivity contribution in [3.05, 3.63) is 29.0 Å². The van der Waals surface area contributed by atoms with Gasteiger partial charge >= 0.3 is 0 Å².